The fourth-order valence-electron chi connectivity index (χ4n) is 1.46. The standard InChI is InChI=1S/C12H14F3N3O2/c1-8(19)18(7-6-16)11(20)17-10-4-2-9(3-5-10)12(13,14)15/h2-5H,6-7,16H2,1H3,(H,17,20). The first kappa shape index (κ1) is 16.0. The average Bonchev–Trinajstić information content (AvgIpc) is 2.34. The van der Waals surface area contributed by atoms with E-state index >= 15 is 0 Å². The number of nitrogens with one attached hydrogen (secondary N) is 1. The minimum atomic E-state index is -4.44. The smallest absolute Gasteiger partial charge is 0.329 e. The largest absolute Gasteiger partial charge is 0.416 e. The van der Waals surface area contributed by atoms with Crippen LogP contribution < -0.4 is 11.1 Å². The number of nitrogens with zero attached hydrogens (tertiary/aromatic N) is 1. The lowest BCUT2D eigenvalue weighted by molar-refractivity contribution is -0.137. The van der Waals surface area contributed by atoms with Crippen LogP contribution in [0.4, 0.5) is 23.7 Å². The number of rotatable bonds is 3. The molecule has 1 aromatic rings. The number of carbonyl (C=O) groups excluding carboxylic acids is 2. The van der Waals surface area contributed by atoms with Crippen LogP contribution in [-0.2, 0) is 11.0 Å². The second-order valence-corrected chi connectivity index (χ2v) is 3.96. The fraction of sp³-hybridized carbons (Fsp3) is 0.333. The fourth-order valence-corrected chi connectivity index (χ4v) is 1.46. The zero-order valence-corrected chi connectivity index (χ0v) is 10.7. The van der Waals surface area contributed by atoms with Gasteiger partial charge in [0, 0.05) is 25.7 Å². The Balaban J connectivity index is 2.78. The quantitative estimate of drug-likeness (QED) is 0.894. The molecule has 0 aliphatic heterocycles. The van der Waals surface area contributed by atoms with Gasteiger partial charge in [0.2, 0.25) is 5.91 Å². The van der Waals surface area contributed by atoms with E-state index in [1.165, 1.54) is 6.92 Å². The Morgan fingerprint density at radius 3 is 2.20 bits per heavy atom. The lowest BCUT2D eigenvalue weighted by Crippen LogP contribution is -2.41. The Hall–Kier alpha value is -2.09. The third-order valence-corrected chi connectivity index (χ3v) is 2.44. The Labute approximate surface area is 113 Å². The molecule has 0 saturated carbocycles. The van der Waals surface area contributed by atoms with Crippen molar-refractivity contribution in [2.45, 2.75) is 13.1 Å². The summed E-state index contributed by atoms with van der Waals surface area (Å²) in [4.78, 5) is 23.8. The normalized spacial score (nSPS) is 11.1. The van der Waals surface area contributed by atoms with Crippen LogP contribution in [0.2, 0.25) is 0 Å². The number of alkyl halides is 3. The van der Waals surface area contributed by atoms with Gasteiger partial charge in [-0.05, 0) is 24.3 Å². The zero-order valence-electron chi connectivity index (χ0n) is 10.7. The molecule has 20 heavy (non-hydrogen) atoms. The van der Waals surface area contributed by atoms with E-state index in [9.17, 15) is 22.8 Å². The first-order chi connectivity index (χ1) is 9.25. The summed E-state index contributed by atoms with van der Waals surface area (Å²) in [6, 6.07) is 3.18. The van der Waals surface area contributed by atoms with Gasteiger partial charge in [0.05, 0.1) is 5.56 Å². The number of halogens is 3. The third-order valence-electron chi connectivity index (χ3n) is 2.44. The Bertz CT molecular complexity index is 486. The van der Waals surface area contributed by atoms with E-state index in [2.05, 4.69) is 5.32 Å². The molecule has 3 N–H and O–H groups in total. The van der Waals surface area contributed by atoms with Crippen molar-refractivity contribution in [3.8, 4) is 0 Å². The molecule has 1 aromatic carbocycles. The first-order valence-electron chi connectivity index (χ1n) is 5.72. The molecule has 0 aromatic heterocycles. The molecule has 5 nitrogen and oxygen atoms in total. The number of imide groups is 1. The lowest BCUT2D eigenvalue weighted by atomic mass is 10.2. The molecular weight excluding hydrogens is 275 g/mol. The number of hydrogen-bond acceptors (Lipinski definition) is 3. The second kappa shape index (κ2) is 6.38. The molecule has 0 bridgehead atoms. The number of amides is 3. The molecule has 0 aliphatic carbocycles. The van der Waals surface area contributed by atoms with Crippen molar-refractivity contribution in [2.24, 2.45) is 5.73 Å². The van der Waals surface area contributed by atoms with Crippen LogP contribution in [0.1, 0.15) is 12.5 Å². The summed E-state index contributed by atoms with van der Waals surface area (Å²) in [5.74, 6) is -0.500. The van der Waals surface area contributed by atoms with E-state index < -0.39 is 23.7 Å². The lowest BCUT2D eigenvalue weighted by Gasteiger charge is -2.19. The second-order valence-electron chi connectivity index (χ2n) is 3.96. The molecule has 8 heteroatoms. The molecule has 1 rings (SSSR count). The van der Waals surface area contributed by atoms with Crippen LogP contribution in [0.25, 0.3) is 0 Å². The summed E-state index contributed by atoms with van der Waals surface area (Å²) in [5.41, 5.74) is 4.61. The molecular formula is C12H14F3N3O2. The van der Waals surface area contributed by atoms with Crippen molar-refractivity contribution in [1.82, 2.24) is 4.90 Å². The van der Waals surface area contributed by atoms with Gasteiger partial charge in [0.15, 0.2) is 0 Å². The molecule has 0 heterocycles. The van der Waals surface area contributed by atoms with E-state index in [0.29, 0.717) is 0 Å². The number of benzene rings is 1. The van der Waals surface area contributed by atoms with Crippen molar-refractivity contribution < 1.29 is 22.8 Å². The van der Waals surface area contributed by atoms with Crippen molar-refractivity contribution >= 4 is 17.6 Å². The van der Waals surface area contributed by atoms with Gasteiger partial charge < -0.3 is 11.1 Å². The van der Waals surface area contributed by atoms with Gasteiger partial charge in [-0.2, -0.15) is 13.2 Å². The number of urea groups is 1. The van der Waals surface area contributed by atoms with E-state index in [4.69, 9.17) is 5.73 Å². The predicted octanol–water partition coefficient (Wildman–Crippen LogP) is 2.04. The molecule has 110 valence electrons. The molecule has 0 radical (unpaired) electrons. The summed E-state index contributed by atoms with van der Waals surface area (Å²) < 4.78 is 37.1. The van der Waals surface area contributed by atoms with Crippen LogP contribution in [0.5, 0.6) is 0 Å². The van der Waals surface area contributed by atoms with Gasteiger partial charge in [-0.1, -0.05) is 0 Å². The average molecular weight is 289 g/mol. The van der Waals surface area contributed by atoms with Gasteiger partial charge in [-0.15, -0.1) is 0 Å². The van der Waals surface area contributed by atoms with Crippen molar-refractivity contribution in [3.63, 3.8) is 0 Å². The Morgan fingerprint density at radius 1 is 1.25 bits per heavy atom. The molecule has 0 spiro atoms. The highest BCUT2D eigenvalue weighted by molar-refractivity contribution is 6.00. The maximum absolute atomic E-state index is 12.4. The van der Waals surface area contributed by atoms with E-state index in [1.807, 2.05) is 0 Å². The number of hydrogen-bond donors (Lipinski definition) is 2. The Morgan fingerprint density at radius 2 is 1.80 bits per heavy atom. The van der Waals surface area contributed by atoms with E-state index in [-0.39, 0.29) is 18.8 Å². The summed E-state index contributed by atoms with van der Waals surface area (Å²) in [6.07, 6.45) is -4.44. The highest BCUT2D eigenvalue weighted by atomic mass is 19.4. The maximum atomic E-state index is 12.4. The first-order valence-corrected chi connectivity index (χ1v) is 5.72. The molecule has 0 saturated heterocycles. The number of anilines is 1. The van der Waals surface area contributed by atoms with Gasteiger partial charge in [-0.3, -0.25) is 9.69 Å². The van der Waals surface area contributed by atoms with Gasteiger partial charge >= 0.3 is 12.2 Å². The topological polar surface area (TPSA) is 75.4 Å². The van der Waals surface area contributed by atoms with Crippen LogP contribution >= 0.6 is 0 Å². The van der Waals surface area contributed by atoms with Gasteiger partial charge in [0.1, 0.15) is 0 Å². The van der Waals surface area contributed by atoms with Crippen LogP contribution in [0.3, 0.4) is 0 Å². The SMILES string of the molecule is CC(=O)N(CCN)C(=O)Nc1ccc(C(F)(F)F)cc1. The van der Waals surface area contributed by atoms with Crippen molar-refractivity contribution in [1.29, 1.82) is 0 Å². The maximum Gasteiger partial charge on any atom is 0.416 e. The van der Waals surface area contributed by atoms with Gasteiger partial charge in [0.25, 0.3) is 0 Å². The number of nitrogens with two attached hydrogens (primary N) is 1. The van der Waals surface area contributed by atoms with Crippen molar-refractivity contribution in [3.05, 3.63) is 29.8 Å². The minimum Gasteiger partial charge on any atom is -0.329 e. The van der Waals surface area contributed by atoms with Crippen molar-refractivity contribution in [2.75, 3.05) is 18.4 Å². The van der Waals surface area contributed by atoms with E-state index in [1.54, 1.807) is 0 Å². The molecule has 3 amide bonds. The highest BCUT2D eigenvalue weighted by Crippen LogP contribution is 2.29. The van der Waals surface area contributed by atoms with Crippen LogP contribution in [0.15, 0.2) is 24.3 Å². The minimum absolute atomic E-state index is 0.0296. The molecule has 0 atom stereocenters. The zero-order chi connectivity index (χ0) is 15.3. The Kier molecular flexibility index (Phi) is 5.09. The predicted molar refractivity (Wildman–Crippen MR) is 66.9 cm³/mol. The summed E-state index contributed by atoms with van der Waals surface area (Å²) in [6.45, 7) is 1.32. The molecule has 0 fully saturated rings. The third kappa shape index (κ3) is 4.23. The van der Waals surface area contributed by atoms with E-state index in [0.717, 1.165) is 29.2 Å². The number of carbonyl (C=O) groups is 2. The van der Waals surface area contributed by atoms with Crippen LogP contribution in [0, 0.1) is 0 Å². The summed E-state index contributed by atoms with van der Waals surface area (Å²) in [5, 5.41) is 2.33. The van der Waals surface area contributed by atoms with Gasteiger partial charge in [-0.25, -0.2) is 4.79 Å². The summed E-state index contributed by atoms with van der Waals surface area (Å²) in [7, 11) is 0. The monoisotopic (exact) mass is 289 g/mol. The summed E-state index contributed by atoms with van der Waals surface area (Å²) >= 11 is 0. The highest BCUT2D eigenvalue weighted by Gasteiger charge is 2.30. The molecule has 0 aliphatic rings. The molecule has 0 unspecified atom stereocenters. The van der Waals surface area contributed by atoms with Crippen LogP contribution in [-0.4, -0.2) is 29.9 Å².